The normalized spacial score (nSPS) is 22.0. The lowest BCUT2D eigenvalue weighted by atomic mass is 9.84. The van der Waals surface area contributed by atoms with E-state index in [1.165, 1.54) is 6.92 Å². The summed E-state index contributed by atoms with van der Waals surface area (Å²) in [5.41, 5.74) is -2.07. The van der Waals surface area contributed by atoms with Crippen LogP contribution >= 0.6 is 7.29 Å². The molecule has 0 saturated heterocycles. The number of nitrogens with one attached hydrogen (secondary N) is 1. The minimum absolute atomic E-state index is 0.00501. The quantitative estimate of drug-likeness (QED) is 0.350. The number of nitrogens with zero attached hydrogens (tertiary/aromatic N) is 1. The second-order valence-corrected chi connectivity index (χ2v) is 10.0. The molecule has 28 heavy (non-hydrogen) atoms. The molecule has 1 heterocycles. The van der Waals surface area contributed by atoms with Gasteiger partial charge in [0.1, 0.15) is 0 Å². The third-order valence-electron chi connectivity index (χ3n) is 4.58. The zero-order valence-corrected chi connectivity index (χ0v) is 18.7. The van der Waals surface area contributed by atoms with Crippen molar-refractivity contribution in [2.24, 2.45) is 5.92 Å². The second-order valence-electron chi connectivity index (χ2n) is 7.38. The highest BCUT2D eigenvalue weighted by atomic mass is 31.2. The van der Waals surface area contributed by atoms with Crippen molar-refractivity contribution in [3.8, 4) is 0 Å². The fourth-order valence-electron chi connectivity index (χ4n) is 3.82. The SMILES string of the molecule is CCOC(=O)C(NC(C)=O)(C(=O)OCC)[C@@H]1C=C[P@@](=O)(N(C(C)C)C(C)C)C1. The molecule has 0 spiro atoms. The van der Waals surface area contributed by atoms with Gasteiger partial charge in [-0.15, -0.1) is 0 Å². The minimum Gasteiger partial charge on any atom is -0.464 e. The van der Waals surface area contributed by atoms with E-state index in [1.807, 2.05) is 32.4 Å². The van der Waals surface area contributed by atoms with Gasteiger partial charge < -0.3 is 19.4 Å². The predicted molar refractivity (Wildman–Crippen MR) is 107 cm³/mol. The Bertz CT molecular complexity index is 647. The van der Waals surface area contributed by atoms with Crippen molar-refractivity contribution in [1.29, 1.82) is 0 Å². The number of carbonyl (C=O) groups excluding carboxylic acids is 3. The van der Waals surface area contributed by atoms with Gasteiger partial charge in [-0.3, -0.25) is 4.79 Å². The van der Waals surface area contributed by atoms with Gasteiger partial charge in [0.2, 0.25) is 11.4 Å². The number of hydrogen-bond acceptors (Lipinski definition) is 6. The Balaban J connectivity index is 3.45. The van der Waals surface area contributed by atoms with Gasteiger partial charge >= 0.3 is 11.9 Å². The van der Waals surface area contributed by atoms with Crippen LogP contribution in [-0.2, 0) is 28.4 Å². The average molecular weight is 416 g/mol. The van der Waals surface area contributed by atoms with Gasteiger partial charge in [-0.05, 0) is 47.4 Å². The van der Waals surface area contributed by atoms with Crippen LogP contribution in [0.5, 0.6) is 0 Å². The maximum Gasteiger partial charge on any atom is 0.344 e. The highest BCUT2D eigenvalue weighted by Gasteiger charge is 2.58. The Morgan fingerprint density at radius 1 is 1.11 bits per heavy atom. The minimum atomic E-state index is -3.02. The zero-order chi connectivity index (χ0) is 21.7. The van der Waals surface area contributed by atoms with Gasteiger partial charge in [0.15, 0.2) is 7.29 Å². The van der Waals surface area contributed by atoms with Crippen molar-refractivity contribution in [2.75, 3.05) is 19.4 Å². The van der Waals surface area contributed by atoms with E-state index in [9.17, 15) is 18.9 Å². The van der Waals surface area contributed by atoms with E-state index in [4.69, 9.17) is 9.47 Å². The molecule has 0 aromatic carbocycles. The van der Waals surface area contributed by atoms with E-state index in [-0.39, 0.29) is 31.5 Å². The molecular weight excluding hydrogens is 383 g/mol. The maximum absolute atomic E-state index is 13.7. The zero-order valence-electron chi connectivity index (χ0n) is 17.9. The van der Waals surface area contributed by atoms with E-state index in [0.29, 0.717) is 0 Å². The molecule has 0 unspecified atom stereocenters. The van der Waals surface area contributed by atoms with E-state index in [0.717, 1.165) is 0 Å². The lowest BCUT2D eigenvalue weighted by molar-refractivity contribution is -0.170. The van der Waals surface area contributed by atoms with Crippen molar-refractivity contribution >= 4 is 25.1 Å². The largest absolute Gasteiger partial charge is 0.464 e. The summed E-state index contributed by atoms with van der Waals surface area (Å²) in [4.78, 5) is 37.7. The molecule has 0 aromatic rings. The summed E-state index contributed by atoms with van der Waals surface area (Å²) in [6.07, 6.45) is 1.60. The second kappa shape index (κ2) is 9.70. The van der Waals surface area contributed by atoms with E-state index in [1.54, 1.807) is 25.7 Å². The Kier molecular flexibility index (Phi) is 8.45. The van der Waals surface area contributed by atoms with Crippen LogP contribution in [-0.4, -0.2) is 59.5 Å². The molecule has 0 aliphatic carbocycles. The lowest BCUT2D eigenvalue weighted by Gasteiger charge is -2.38. The smallest absolute Gasteiger partial charge is 0.344 e. The predicted octanol–water partition coefficient (Wildman–Crippen LogP) is 2.53. The molecule has 1 N–H and O–H groups in total. The highest BCUT2D eigenvalue weighted by molar-refractivity contribution is 7.65. The van der Waals surface area contributed by atoms with Crippen LogP contribution in [0.25, 0.3) is 0 Å². The molecule has 0 radical (unpaired) electrons. The van der Waals surface area contributed by atoms with Gasteiger partial charge in [0.25, 0.3) is 0 Å². The molecule has 2 atom stereocenters. The molecule has 1 rings (SSSR count). The van der Waals surface area contributed by atoms with Crippen molar-refractivity contribution in [3.63, 3.8) is 0 Å². The monoisotopic (exact) mass is 416 g/mol. The summed E-state index contributed by atoms with van der Waals surface area (Å²) in [7, 11) is -3.02. The summed E-state index contributed by atoms with van der Waals surface area (Å²) in [5.74, 6) is -1.67. The average Bonchev–Trinajstić information content (AvgIpc) is 2.94. The fourth-order valence-corrected chi connectivity index (χ4v) is 7.28. The molecule has 1 aliphatic rings. The Morgan fingerprint density at radius 2 is 1.57 bits per heavy atom. The number of esters is 2. The summed E-state index contributed by atoms with van der Waals surface area (Å²) >= 11 is 0. The van der Waals surface area contributed by atoms with Crippen molar-refractivity contribution < 1.29 is 28.4 Å². The number of hydrogen-bond donors (Lipinski definition) is 1. The van der Waals surface area contributed by atoms with E-state index >= 15 is 0 Å². The summed E-state index contributed by atoms with van der Waals surface area (Å²) in [6, 6.07) is -0.0100. The molecule has 0 fully saturated rings. The third kappa shape index (κ3) is 4.84. The third-order valence-corrected chi connectivity index (χ3v) is 7.84. The molecule has 8 nitrogen and oxygen atoms in total. The van der Waals surface area contributed by atoms with Crippen molar-refractivity contribution in [1.82, 2.24) is 9.99 Å². The lowest BCUT2D eigenvalue weighted by Crippen LogP contribution is -2.65. The maximum atomic E-state index is 13.7. The van der Waals surface area contributed by atoms with Gasteiger partial charge in [-0.25, -0.2) is 14.3 Å². The molecule has 0 saturated carbocycles. The van der Waals surface area contributed by atoms with Gasteiger partial charge in [0.05, 0.1) is 13.2 Å². The first-order valence-electron chi connectivity index (χ1n) is 9.66. The van der Waals surface area contributed by atoms with Crippen LogP contribution in [0, 0.1) is 5.92 Å². The Hall–Kier alpha value is -1.66. The summed E-state index contributed by atoms with van der Waals surface area (Å²) in [6.45, 7) is 12.2. The highest BCUT2D eigenvalue weighted by Crippen LogP contribution is 2.60. The molecule has 0 aromatic heterocycles. The number of amides is 1. The van der Waals surface area contributed by atoms with E-state index < -0.39 is 36.6 Å². The summed E-state index contributed by atoms with van der Waals surface area (Å²) in [5, 5.41) is 2.46. The fraction of sp³-hybridized carbons (Fsp3) is 0.737. The number of carbonyl (C=O) groups is 3. The van der Waals surface area contributed by atoms with Crippen molar-refractivity contribution in [3.05, 3.63) is 11.9 Å². The topological polar surface area (TPSA) is 102 Å². The molecule has 9 heteroatoms. The Labute approximate surface area is 167 Å². The molecule has 1 amide bonds. The van der Waals surface area contributed by atoms with Crippen molar-refractivity contribution in [2.45, 2.75) is 66.1 Å². The van der Waals surface area contributed by atoms with Gasteiger partial charge in [0, 0.05) is 31.1 Å². The first-order chi connectivity index (χ1) is 13.0. The standard InChI is InChI=1S/C19H33N2O6P/c1-8-26-17(23)19(20-15(7)22,18(24)27-9-2)16-10-11-28(25,12-16)21(13(3)4)14(5)6/h10-11,13-14,16H,8-9,12H2,1-7H3,(H,20,22)/t16-,28+/m1/s1. The van der Waals surface area contributed by atoms with Gasteiger partial charge in [-0.1, -0.05) is 6.08 Å². The van der Waals surface area contributed by atoms with E-state index in [2.05, 4.69) is 5.32 Å². The Morgan fingerprint density at radius 3 is 1.93 bits per heavy atom. The van der Waals surface area contributed by atoms with Crippen LogP contribution in [0.4, 0.5) is 0 Å². The van der Waals surface area contributed by atoms with Crippen LogP contribution in [0.3, 0.4) is 0 Å². The molecule has 0 bridgehead atoms. The van der Waals surface area contributed by atoms with Crippen LogP contribution < -0.4 is 5.32 Å². The number of rotatable bonds is 9. The first kappa shape index (κ1) is 24.4. The van der Waals surface area contributed by atoms with Crippen LogP contribution in [0.1, 0.15) is 48.5 Å². The molecular formula is C19H33N2O6P. The van der Waals surface area contributed by atoms with Gasteiger partial charge in [-0.2, -0.15) is 0 Å². The molecule has 1 aliphatic heterocycles. The molecule has 160 valence electrons. The first-order valence-corrected chi connectivity index (χ1v) is 11.6. The van der Waals surface area contributed by atoms with Crippen LogP contribution in [0.15, 0.2) is 11.9 Å². The summed E-state index contributed by atoms with van der Waals surface area (Å²) < 4.78 is 25.8. The van der Waals surface area contributed by atoms with Crippen LogP contribution in [0.2, 0.25) is 0 Å². The number of ether oxygens (including phenoxy) is 2.